The molecule has 0 amide bonds. The number of hydrogen-bond donors (Lipinski definition) is 0. The molecule has 5 heteroatoms. The lowest BCUT2D eigenvalue weighted by Gasteiger charge is -2.20. The third-order valence-electron chi connectivity index (χ3n) is 4.02. The van der Waals surface area contributed by atoms with Gasteiger partial charge in [-0.05, 0) is 36.4 Å². The molecule has 2 aromatic heterocycles. The van der Waals surface area contributed by atoms with Crippen molar-refractivity contribution < 1.29 is 4.74 Å². The highest BCUT2D eigenvalue weighted by Crippen LogP contribution is 2.14. The first-order valence-corrected chi connectivity index (χ1v) is 8.02. The molecule has 5 nitrogen and oxygen atoms in total. The van der Waals surface area contributed by atoms with Crippen molar-refractivity contribution in [3.05, 3.63) is 76.3 Å². The number of benzene rings is 1. The van der Waals surface area contributed by atoms with Crippen LogP contribution in [0.1, 0.15) is 18.2 Å². The molecular weight excluding hydrogens is 302 g/mol. The third kappa shape index (κ3) is 3.63. The fourth-order valence-electron chi connectivity index (χ4n) is 2.68. The van der Waals surface area contributed by atoms with Gasteiger partial charge < -0.3 is 4.74 Å². The molecule has 0 spiro atoms. The SMILES string of the molecule is CCN(Cc1ccc(OC)cc1)Cc1cc(=O)n2ccccc2n1. The molecule has 0 radical (unpaired) electrons. The van der Waals surface area contributed by atoms with Crippen LogP contribution in [-0.2, 0) is 13.1 Å². The molecule has 2 heterocycles. The van der Waals surface area contributed by atoms with Crippen molar-refractivity contribution in [2.45, 2.75) is 20.0 Å². The van der Waals surface area contributed by atoms with E-state index in [0.29, 0.717) is 12.2 Å². The maximum atomic E-state index is 12.2. The molecule has 0 saturated carbocycles. The standard InChI is InChI=1S/C19H21N3O2/c1-3-21(13-15-7-9-17(24-2)10-8-15)14-16-12-19(23)22-11-5-4-6-18(22)20-16/h4-12H,3,13-14H2,1-2H3. The van der Waals surface area contributed by atoms with Gasteiger partial charge in [0.1, 0.15) is 11.4 Å². The minimum absolute atomic E-state index is 0.0453. The Morgan fingerprint density at radius 2 is 1.92 bits per heavy atom. The third-order valence-corrected chi connectivity index (χ3v) is 4.02. The van der Waals surface area contributed by atoms with Crippen LogP contribution in [0.5, 0.6) is 5.75 Å². The first-order chi connectivity index (χ1) is 11.7. The molecule has 0 bridgehead atoms. The van der Waals surface area contributed by atoms with E-state index in [1.54, 1.807) is 23.8 Å². The van der Waals surface area contributed by atoms with E-state index in [-0.39, 0.29) is 5.56 Å². The maximum absolute atomic E-state index is 12.2. The highest BCUT2D eigenvalue weighted by atomic mass is 16.5. The van der Waals surface area contributed by atoms with Gasteiger partial charge in [-0.3, -0.25) is 14.1 Å². The maximum Gasteiger partial charge on any atom is 0.258 e. The summed E-state index contributed by atoms with van der Waals surface area (Å²) in [5.41, 5.74) is 2.63. The van der Waals surface area contributed by atoms with Crippen molar-refractivity contribution in [1.29, 1.82) is 0 Å². The van der Waals surface area contributed by atoms with Gasteiger partial charge in [0.2, 0.25) is 0 Å². The molecule has 0 fully saturated rings. The second-order valence-electron chi connectivity index (χ2n) is 5.67. The first-order valence-electron chi connectivity index (χ1n) is 8.02. The van der Waals surface area contributed by atoms with Crippen molar-refractivity contribution in [3.63, 3.8) is 0 Å². The molecule has 1 aromatic carbocycles. The molecule has 3 rings (SSSR count). The topological polar surface area (TPSA) is 46.8 Å². The summed E-state index contributed by atoms with van der Waals surface area (Å²) >= 11 is 0. The molecule has 0 aliphatic carbocycles. The van der Waals surface area contributed by atoms with E-state index in [1.165, 1.54) is 5.56 Å². The predicted octanol–water partition coefficient (Wildman–Crippen LogP) is 2.73. The van der Waals surface area contributed by atoms with E-state index >= 15 is 0 Å². The van der Waals surface area contributed by atoms with Crippen LogP contribution in [0.4, 0.5) is 0 Å². The van der Waals surface area contributed by atoms with Crippen LogP contribution in [0.15, 0.2) is 59.5 Å². The number of methoxy groups -OCH3 is 1. The number of hydrogen-bond acceptors (Lipinski definition) is 4. The van der Waals surface area contributed by atoms with E-state index in [4.69, 9.17) is 4.74 Å². The van der Waals surface area contributed by atoms with E-state index in [0.717, 1.165) is 24.5 Å². The molecule has 3 aromatic rings. The largest absolute Gasteiger partial charge is 0.497 e. The van der Waals surface area contributed by atoms with Gasteiger partial charge >= 0.3 is 0 Å². The van der Waals surface area contributed by atoms with Crippen LogP contribution in [0.3, 0.4) is 0 Å². The Labute approximate surface area is 141 Å². The highest BCUT2D eigenvalue weighted by molar-refractivity contribution is 5.38. The van der Waals surface area contributed by atoms with Gasteiger partial charge in [0.25, 0.3) is 5.56 Å². The summed E-state index contributed by atoms with van der Waals surface area (Å²) in [6, 6.07) is 15.2. The summed E-state index contributed by atoms with van der Waals surface area (Å²) in [7, 11) is 1.66. The van der Waals surface area contributed by atoms with E-state index < -0.39 is 0 Å². The van der Waals surface area contributed by atoms with Crippen molar-refractivity contribution in [2.24, 2.45) is 0 Å². The van der Waals surface area contributed by atoms with Gasteiger partial charge in [-0.1, -0.05) is 25.1 Å². The van der Waals surface area contributed by atoms with Gasteiger partial charge in [-0.25, -0.2) is 4.98 Å². The molecule has 0 aliphatic rings. The normalized spacial score (nSPS) is 11.1. The van der Waals surface area contributed by atoms with Gasteiger partial charge in [-0.15, -0.1) is 0 Å². The summed E-state index contributed by atoms with van der Waals surface area (Å²) in [6.07, 6.45) is 1.74. The van der Waals surface area contributed by atoms with Crippen LogP contribution < -0.4 is 10.3 Å². The quantitative estimate of drug-likeness (QED) is 0.700. The van der Waals surface area contributed by atoms with Gasteiger partial charge in [0.05, 0.1) is 12.8 Å². The second kappa shape index (κ2) is 7.27. The van der Waals surface area contributed by atoms with Crippen LogP contribution in [0.25, 0.3) is 5.65 Å². The summed E-state index contributed by atoms with van der Waals surface area (Å²) in [4.78, 5) is 19.0. The van der Waals surface area contributed by atoms with E-state index in [1.807, 2.05) is 30.3 Å². The summed E-state index contributed by atoms with van der Waals surface area (Å²) in [5.74, 6) is 0.853. The fraction of sp³-hybridized carbons (Fsp3) is 0.263. The second-order valence-corrected chi connectivity index (χ2v) is 5.67. The Morgan fingerprint density at radius 1 is 1.12 bits per heavy atom. The Kier molecular flexibility index (Phi) is 4.91. The zero-order valence-corrected chi connectivity index (χ0v) is 14.0. The number of pyridine rings is 1. The van der Waals surface area contributed by atoms with Crippen molar-refractivity contribution >= 4 is 5.65 Å². The van der Waals surface area contributed by atoms with Crippen molar-refractivity contribution in [3.8, 4) is 5.75 Å². The van der Waals surface area contributed by atoms with E-state index in [9.17, 15) is 4.79 Å². The zero-order chi connectivity index (χ0) is 16.9. The molecule has 0 atom stereocenters. The smallest absolute Gasteiger partial charge is 0.258 e. The van der Waals surface area contributed by atoms with Crippen LogP contribution in [0.2, 0.25) is 0 Å². The van der Waals surface area contributed by atoms with Crippen molar-refractivity contribution in [2.75, 3.05) is 13.7 Å². The average molecular weight is 323 g/mol. The Bertz CT molecular complexity index is 872. The zero-order valence-electron chi connectivity index (χ0n) is 14.0. The molecule has 24 heavy (non-hydrogen) atoms. The molecule has 0 unspecified atom stereocenters. The van der Waals surface area contributed by atoms with Crippen LogP contribution in [0, 0.1) is 0 Å². The van der Waals surface area contributed by atoms with Gasteiger partial charge in [0, 0.05) is 25.4 Å². The molecule has 0 aliphatic heterocycles. The minimum Gasteiger partial charge on any atom is -0.497 e. The Morgan fingerprint density at radius 3 is 2.62 bits per heavy atom. The van der Waals surface area contributed by atoms with Crippen LogP contribution in [-0.4, -0.2) is 27.9 Å². The number of aromatic nitrogens is 2. The number of rotatable bonds is 6. The molecule has 124 valence electrons. The Balaban J connectivity index is 1.78. The molecular formula is C19H21N3O2. The lowest BCUT2D eigenvalue weighted by atomic mass is 10.2. The monoisotopic (exact) mass is 323 g/mol. The Hall–Kier alpha value is -2.66. The van der Waals surface area contributed by atoms with Gasteiger partial charge in [-0.2, -0.15) is 0 Å². The number of fused-ring (bicyclic) bond motifs is 1. The minimum atomic E-state index is -0.0453. The first kappa shape index (κ1) is 16.2. The van der Waals surface area contributed by atoms with Gasteiger partial charge in [0.15, 0.2) is 0 Å². The average Bonchev–Trinajstić information content (AvgIpc) is 2.62. The fourth-order valence-corrected chi connectivity index (χ4v) is 2.68. The molecule has 0 N–H and O–H groups in total. The summed E-state index contributed by atoms with van der Waals surface area (Å²) < 4.78 is 6.75. The highest BCUT2D eigenvalue weighted by Gasteiger charge is 2.08. The summed E-state index contributed by atoms with van der Waals surface area (Å²) in [5, 5.41) is 0. The summed E-state index contributed by atoms with van der Waals surface area (Å²) in [6.45, 7) is 4.43. The molecule has 0 saturated heterocycles. The number of nitrogens with zero attached hydrogens (tertiary/aromatic N) is 3. The van der Waals surface area contributed by atoms with Crippen LogP contribution >= 0.6 is 0 Å². The lowest BCUT2D eigenvalue weighted by Crippen LogP contribution is -2.25. The van der Waals surface area contributed by atoms with E-state index in [2.05, 4.69) is 28.9 Å². The van der Waals surface area contributed by atoms with Crippen molar-refractivity contribution in [1.82, 2.24) is 14.3 Å². The lowest BCUT2D eigenvalue weighted by molar-refractivity contribution is 0.268. The predicted molar refractivity (Wildman–Crippen MR) is 94.2 cm³/mol. The number of ether oxygens (including phenoxy) is 1.